The van der Waals surface area contributed by atoms with Crippen molar-refractivity contribution < 1.29 is 9.53 Å². The van der Waals surface area contributed by atoms with Gasteiger partial charge in [-0.2, -0.15) is 0 Å². The van der Waals surface area contributed by atoms with Gasteiger partial charge in [-0.3, -0.25) is 9.36 Å². The quantitative estimate of drug-likeness (QED) is 0.446. The van der Waals surface area contributed by atoms with E-state index in [9.17, 15) is 4.79 Å². The molecule has 0 N–H and O–H groups in total. The van der Waals surface area contributed by atoms with E-state index in [1.807, 2.05) is 37.3 Å². The summed E-state index contributed by atoms with van der Waals surface area (Å²) >= 11 is 1.45. The molecule has 3 aromatic rings. The molecule has 0 saturated heterocycles. The maximum Gasteiger partial charge on any atom is 0.196 e. The number of carbonyl (C=O) groups is 1. The number of hydrogen-bond donors (Lipinski definition) is 0. The zero-order chi connectivity index (χ0) is 18.8. The first-order valence-corrected chi connectivity index (χ1v) is 9.91. The minimum Gasteiger partial charge on any atom is -0.497 e. The van der Waals surface area contributed by atoms with E-state index < -0.39 is 0 Å². The van der Waals surface area contributed by atoms with Crippen LogP contribution in [-0.2, 0) is 0 Å². The number of thioether (sulfide) groups is 1. The van der Waals surface area contributed by atoms with E-state index in [-0.39, 0.29) is 11.0 Å². The molecular formula is C21H21N3O2S. The van der Waals surface area contributed by atoms with Crippen LogP contribution in [0.4, 0.5) is 0 Å². The van der Waals surface area contributed by atoms with Gasteiger partial charge in [-0.1, -0.05) is 30.0 Å². The monoisotopic (exact) mass is 379 g/mol. The van der Waals surface area contributed by atoms with Crippen molar-refractivity contribution in [3.8, 4) is 11.4 Å². The molecule has 6 heteroatoms. The fraction of sp³-hybridized carbons (Fsp3) is 0.286. The Balaban J connectivity index is 1.59. The zero-order valence-electron chi connectivity index (χ0n) is 15.3. The van der Waals surface area contributed by atoms with Crippen molar-refractivity contribution in [1.82, 2.24) is 14.8 Å². The Kier molecular flexibility index (Phi) is 4.99. The van der Waals surface area contributed by atoms with E-state index in [2.05, 4.69) is 26.9 Å². The lowest BCUT2D eigenvalue weighted by Crippen LogP contribution is -2.14. The highest BCUT2D eigenvalue weighted by atomic mass is 32.2. The van der Waals surface area contributed by atoms with Gasteiger partial charge in [-0.15, -0.1) is 10.2 Å². The highest BCUT2D eigenvalue weighted by Crippen LogP contribution is 2.41. The molecule has 0 aliphatic heterocycles. The summed E-state index contributed by atoms with van der Waals surface area (Å²) in [4.78, 5) is 12.8. The van der Waals surface area contributed by atoms with Crippen LogP contribution < -0.4 is 4.74 Å². The average Bonchev–Trinajstić information content (AvgIpc) is 3.48. The number of aromatic nitrogens is 3. The maximum atomic E-state index is 12.8. The number of rotatable bonds is 7. The summed E-state index contributed by atoms with van der Waals surface area (Å²) in [6, 6.07) is 17.3. The molecule has 138 valence electrons. The Morgan fingerprint density at radius 2 is 1.81 bits per heavy atom. The van der Waals surface area contributed by atoms with E-state index in [1.54, 1.807) is 19.2 Å². The van der Waals surface area contributed by atoms with E-state index in [1.165, 1.54) is 11.8 Å². The number of hydrogen-bond acceptors (Lipinski definition) is 5. The fourth-order valence-electron chi connectivity index (χ4n) is 2.98. The lowest BCUT2D eigenvalue weighted by Gasteiger charge is -2.13. The molecule has 1 saturated carbocycles. The second kappa shape index (κ2) is 7.56. The predicted octanol–water partition coefficient (Wildman–Crippen LogP) is 4.52. The molecule has 1 fully saturated rings. The summed E-state index contributed by atoms with van der Waals surface area (Å²) < 4.78 is 7.26. The van der Waals surface area contributed by atoms with Crippen LogP contribution in [0.15, 0.2) is 59.8 Å². The number of ketones is 1. The molecule has 0 amide bonds. The van der Waals surface area contributed by atoms with Crippen molar-refractivity contribution in [2.24, 2.45) is 0 Å². The van der Waals surface area contributed by atoms with E-state index in [0.29, 0.717) is 11.5 Å². The summed E-state index contributed by atoms with van der Waals surface area (Å²) in [5.41, 5.74) is 1.71. The van der Waals surface area contributed by atoms with Crippen LogP contribution in [0.3, 0.4) is 0 Å². The van der Waals surface area contributed by atoms with Gasteiger partial charge in [0.15, 0.2) is 10.9 Å². The topological polar surface area (TPSA) is 57.0 Å². The number of methoxy groups -OCH3 is 1. The van der Waals surface area contributed by atoms with Crippen LogP contribution >= 0.6 is 11.8 Å². The summed E-state index contributed by atoms with van der Waals surface area (Å²) in [5.74, 6) is 2.27. The lowest BCUT2D eigenvalue weighted by atomic mass is 10.1. The van der Waals surface area contributed by atoms with Crippen molar-refractivity contribution in [3.05, 3.63) is 66.0 Å². The normalized spacial score (nSPS) is 14.7. The largest absolute Gasteiger partial charge is 0.497 e. The fourth-order valence-corrected chi connectivity index (χ4v) is 3.94. The predicted molar refractivity (Wildman–Crippen MR) is 106 cm³/mol. The molecule has 0 unspecified atom stereocenters. The zero-order valence-corrected chi connectivity index (χ0v) is 16.1. The Bertz CT molecular complexity index is 934. The molecule has 1 aliphatic rings. The van der Waals surface area contributed by atoms with Crippen LogP contribution in [0.1, 0.15) is 41.9 Å². The van der Waals surface area contributed by atoms with Crippen molar-refractivity contribution in [1.29, 1.82) is 0 Å². The number of nitrogens with zero attached hydrogens (tertiary/aromatic N) is 3. The number of benzene rings is 2. The van der Waals surface area contributed by atoms with Gasteiger partial charge in [-0.25, -0.2) is 0 Å². The smallest absolute Gasteiger partial charge is 0.196 e. The second-order valence-corrected chi connectivity index (χ2v) is 7.95. The number of ether oxygens (including phenoxy) is 1. The molecule has 1 heterocycles. The number of Topliss-reactive ketones (excluding diaryl/α,β-unsaturated/α-hetero) is 1. The Morgan fingerprint density at radius 1 is 1.11 bits per heavy atom. The molecule has 0 radical (unpaired) electrons. The van der Waals surface area contributed by atoms with Crippen molar-refractivity contribution >= 4 is 17.5 Å². The molecule has 4 rings (SSSR count). The summed E-state index contributed by atoms with van der Waals surface area (Å²) in [6.45, 7) is 1.91. The van der Waals surface area contributed by atoms with E-state index in [0.717, 1.165) is 35.3 Å². The van der Waals surface area contributed by atoms with E-state index in [4.69, 9.17) is 4.74 Å². The van der Waals surface area contributed by atoms with Gasteiger partial charge >= 0.3 is 0 Å². The van der Waals surface area contributed by atoms with E-state index >= 15 is 0 Å². The Hall–Kier alpha value is -2.60. The molecule has 1 atom stereocenters. The van der Waals surface area contributed by atoms with Gasteiger partial charge in [0.1, 0.15) is 11.6 Å². The van der Waals surface area contributed by atoms with Crippen LogP contribution in [-0.4, -0.2) is 32.9 Å². The molecule has 0 spiro atoms. The summed E-state index contributed by atoms with van der Waals surface area (Å²) in [5, 5.41) is 9.32. The average molecular weight is 379 g/mol. The Labute approximate surface area is 162 Å². The standard InChI is InChI=1S/C21H21N3O2S/c1-14(19(25)15-10-12-18(26-2)13-11-15)27-21-23-22-20(16-8-9-16)24(21)17-6-4-3-5-7-17/h3-7,10-14,16H,8-9H2,1-2H3/t14-/m1/s1. The van der Waals surface area contributed by atoms with Gasteiger partial charge < -0.3 is 4.74 Å². The van der Waals surface area contributed by atoms with Crippen LogP contribution in [0.25, 0.3) is 5.69 Å². The first kappa shape index (κ1) is 17.8. The van der Waals surface area contributed by atoms with Crippen molar-refractivity contribution in [2.45, 2.75) is 36.1 Å². The molecule has 1 aliphatic carbocycles. The molecule has 1 aromatic heterocycles. The lowest BCUT2D eigenvalue weighted by molar-refractivity contribution is 0.0994. The molecule has 27 heavy (non-hydrogen) atoms. The van der Waals surface area contributed by atoms with Crippen LogP contribution in [0.5, 0.6) is 5.75 Å². The van der Waals surface area contributed by atoms with Gasteiger partial charge in [-0.05, 0) is 56.2 Å². The summed E-state index contributed by atoms with van der Waals surface area (Å²) in [6.07, 6.45) is 2.30. The van der Waals surface area contributed by atoms with Crippen LogP contribution in [0, 0.1) is 0 Å². The molecule has 0 bridgehead atoms. The third-order valence-electron chi connectivity index (χ3n) is 4.64. The maximum absolute atomic E-state index is 12.8. The molecule has 2 aromatic carbocycles. The van der Waals surface area contributed by atoms with Crippen molar-refractivity contribution in [2.75, 3.05) is 7.11 Å². The SMILES string of the molecule is COc1ccc(C(=O)[C@@H](C)Sc2nnc(C3CC3)n2-c2ccccc2)cc1. The molecule has 5 nitrogen and oxygen atoms in total. The Morgan fingerprint density at radius 3 is 2.44 bits per heavy atom. The van der Waals surface area contributed by atoms with Crippen molar-refractivity contribution in [3.63, 3.8) is 0 Å². The molecular weight excluding hydrogens is 358 g/mol. The van der Waals surface area contributed by atoms with Gasteiger partial charge in [0.2, 0.25) is 0 Å². The highest BCUT2D eigenvalue weighted by molar-refractivity contribution is 8.00. The minimum absolute atomic E-state index is 0.0678. The van der Waals surface area contributed by atoms with Crippen LogP contribution in [0.2, 0.25) is 0 Å². The summed E-state index contributed by atoms with van der Waals surface area (Å²) in [7, 11) is 1.61. The van der Waals surface area contributed by atoms with Gasteiger partial charge in [0.25, 0.3) is 0 Å². The second-order valence-electron chi connectivity index (χ2n) is 6.64. The first-order valence-electron chi connectivity index (χ1n) is 9.03. The minimum atomic E-state index is -0.267. The third kappa shape index (κ3) is 3.76. The first-order chi connectivity index (χ1) is 13.2. The third-order valence-corrected chi connectivity index (χ3v) is 5.68. The number of para-hydroxylation sites is 1. The highest BCUT2D eigenvalue weighted by Gasteiger charge is 2.32. The van der Waals surface area contributed by atoms with Gasteiger partial charge in [0.05, 0.1) is 12.4 Å². The number of carbonyl (C=O) groups excluding carboxylic acids is 1. The van der Waals surface area contributed by atoms with Gasteiger partial charge in [0, 0.05) is 17.2 Å².